The SMILES string of the molecule is O=C1NC(=O)/C(=C\c2ccc(C(=O)CCc3ccccc3)cn2)S1. The highest BCUT2D eigenvalue weighted by Gasteiger charge is 2.25. The number of pyridine rings is 1. The maximum absolute atomic E-state index is 12.2. The van der Waals surface area contributed by atoms with Crippen LogP contribution in [0.5, 0.6) is 0 Å². The second-order valence-electron chi connectivity index (χ2n) is 5.23. The van der Waals surface area contributed by atoms with Gasteiger partial charge in [0.1, 0.15) is 0 Å². The van der Waals surface area contributed by atoms with Crippen LogP contribution in [0.3, 0.4) is 0 Å². The summed E-state index contributed by atoms with van der Waals surface area (Å²) in [6, 6.07) is 13.2. The third-order valence-electron chi connectivity index (χ3n) is 3.51. The molecule has 3 rings (SSSR count). The molecule has 1 aromatic carbocycles. The average Bonchev–Trinajstić information content (AvgIpc) is 2.91. The van der Waals surface area contributed by atoms with Gasteiger partial charge in [-0.15, -0.1) is 0 Å². The molecule has 1 aliphatic rings. The number of amides is 2. The number of nitrogens with zero attached hydrogens (tertiary/aromatic N) is 1. The number of hydrogen-bond acceptors (Lipinski definition) is 5. The normalized spacial score (nSPS) is 15.6. The number of thioether (sulfide) groups is 1. The van der Waals surface area contributed by atoms with Gasteiger partial charge in [-0.1, -0.05) is 30.3 Å². The Kier molecular flexibility index (Phi) is 4.86. The zero-order valence-electron chi connectivity index (χ0n) is 12.7. The van der Waals surface area contributed by atoms with Gasteiger partial charge in [-0.3, -0.25) is 24.7 Å². The van der Waals surface area contributed by atoms with Gasteiger partial charge >= 0.3 is 0 Å². The average molecular weight is 338 g/mol. The van der Waals surface area contributed by atoms with Gasteiger partial charge in [-0.05, 0) is 42.0 Å². The van der Waals surface area contributed by atoms with Crippen LogP contribution in [0.4, 0.5) is 4.79 Å². The summed E-state index contributed by atoms with van der Waals surface area (Å²) in [5.41, 5.74) is 2.18. The minimum atomic E-state index is -0.421. The van der Waals surface area contributed by atoms with Crippen molar-refractivity contribution in [1.29, 1.82) is 0 Å². The highest BCUT2D eigenvalue weighted by atomic mass is 32.2. The van der Waals surface area contributed by atoms with Crippen LogP contribution in [-0.4, -0.2) is 21.9 Å². The largest absolute Gasteiger partial charge is 0.294 e. The first-order valence-corrected chi connectivity index (χ1v) is 8.21. The molecule has 120 valence electrons. The Labute approximate surface area is 143 Å². The van der Waals surface area contributed by atoms with Gasteiger partial charge in [0, 0.05) is 18.2 Å². The van der Waals surface area contributed by atoms with Crippen LogP contribution >= 0.6 is 11.8 Å². The van der Waals surface area contributed by atoms with Crippen LogP contribution in [-0.2, 0) is 11.2 Å². The van der Waals surface area contributed by atoms with Crippen LogP contribution < -0.4 is 5.32 Å². The number of benzene rings is 1. The maximum atomic E-state index is 12.2. The lowest BCUT2D eigenvalue weighted by molar-refractivity contribution is -0.115. The first kappa shape index (κ1) is 16.1. The molecule has 2 amide bonds. The fraction of sp³-hybridized carbons (Fsp3) is 0.111. The summed E-state index contributed by atoms with van der Waals surface area (Å²) in [5.74, 6) is -0.400. The van der Waals surface area contributed by atoms with Gasteiger partial charge in [0.15, 0.2) is 5.78 Å². The van der Waals surface area contributed by atoms with E-state index in [9.17, 15) is 14.4 Å². The van der Waals surface area contributed by atoms with E-state index < -0.39 is 5.91 Å². The Morgan fingerprint density at radius 3 is 2.54 bits per heavy atom. The molecule has 0 spiro atoms. The van der Waals surface area contributed by atoms with Gasteiger partial charge < -0.3 is 0 Å². The summed E-state index contributed by atoms with van der Waals surface area (Å²) in [4.78, 5) is 39.3. The van der Waals surface area contributed by atoms with Crippen LogP contribution in [0.1, 0.15) is 28.0 Å². The fourth-order valence-electron chi connectivity index (χ4n) is 2.26. The molecule has 0 aliphatic carbocycles. The fourth-order valence-corrected chi connectivity index (χ4v) is 2.92. The first-order valence-electron chi connectivity index (χ1n) is 7.40. The number of nitrogens with one attached hydrogen (secondary N) is 1. The summed E-state index contributed by atoms with van der Waals surface area (Å²) >= 11 is 0.839. The van der Waals surface area contributed by atoms with Gasteiger partial charge in [0.05, 0.1) is 10.6 Å². The van der Waals surface area contributed by atoms with Gasteiger partial charge in [-0.2, -0.15) is 0 Å². The van der Waals surface area contributed by atoms with E-state index in [2.05, 4.69) is 10.3 Å². The number of Topliss-reactive ketones (excluding diaryl/α,β-unsaturated/α-hetero) is 1. The van der Waals surface area contributed by atoms with Crippen LogP contribution in [0, 0.1) is 0 Å². The lowest BCUT2D eigenvalue weighted by Gasteiger charge is -2.02. The van der Waals surface area contributed by atoms with Gasteiger partial charge in [0.2, 0.25) is 0 Å². The minimum Gasteiger partial charge on any atom is -0.294 e. The predicted octanol–water partition coefficient (Wildman–Crippen LogP) is 3.22. The monoisotopic (exact) mass is 338 g/mol. The first-order chi connectivity index (χ1) is 11.6. The van der Waals surface area contributed by atoms with Crippen LogP contribution in [0.25, 0.3) is 6.08 Å². The van der Waals surface area contributed by atoms with Crippen molar-refractivity contribution in [2.24, 2.45) is 0 Å². The van der Waals surface area contributed by atoms with Crippen molar-refractivity contribution in [3.63, 3.8) is 0 Å². The van der Waals surface area contributed by atoms with Crippen molar-refractivity contribution in [3.8, 4) is 0 Å². The van der Waals surface area contributed by atoms with Crippen LogP contribution in [0.15, 0.2) is 53.6 Å². The molecule has 0 saturated carbocycles. The molecule has 2 heterocycles. The molecule has 0 atom stereocenters. The molecule has 1 aromatic heterocycles. The topological polar surface area (TPSA) is 76.1 Å². The molecular formula is C18H14N2O3S. The van der Waals surface area contributed by atoms with Gasteiger partial charge in [-0.25, -0.2) is 0 Å². The molecule has 0 unspecified atom stereocenters. The number of imide groups is 1. The lowest BCUT2D eigenvalue weighted by Crippen LogP contribution is -2.17. The minimum absolute atomic E-state index is 0.0220. The molecular weight excluding hydrogens is 324 g/mol. The Bertz CT molecular complexity index is 814. The maximum Gasteiger partial charge on any atom is 0.290 e. The molecule has 2 aromatic rings. The molecule has 1 aliphatic heterocycles. The zero-order valence-corrected chi connectivity index (χ0v) is 13.5. The molecule has 24 heavy (non-hydrogen) atoms. The quantitative estimate of drug-likeness (QED) is 0.669. The number of ketones is 1. The third-order valence-corrected chi connectivity index (χ3v) is 4.32. The number of hydrogen-bond donors (Lipinski definition) is 1. The molecule has 0 bridgehead atoms. The number of rotatable bonds is 5. The van der Waals surface area contributed by atoms with E-state index in [1.54, 1.807) is 12.1 Å². The highest BCUT2D eigenvalue weighted by molar-refractivity contribution is 8.18. The predicted molar refractivity (Wildman–Crippen MR) is 92.4 cm³/mol. The summed E-state index contributed by atoms with van der Waals surface area (Å²) in [5, 5.41) is 1.79. The van der Waals surface area contributed by atoms with Crippen molar-refractivity contribution in [1.82, 2.24) is 10.3 Å². The van der Waals surface area contributed by atoms with E-state index in [4.69, 9.17) is 0 Å². The van der Waals surface area contributed by atoms with Crippen molar-refractivity contribution in [3.05, 3.63) is 70.4 Å². The van der Waals surface area contributed by atoms with E-state index in [0.29, 0.717) is 29.0 Å². The second kappa shape index (κ2) is 7.23. The lowest BCUT2D eigenvalue weighted by atomic mass is 10.0. The number of carbonyl (C=O) groups excluding carboxylic acids is 3. The third kappa shape index (κ3) is 3.97. The van der Waals surface area contributed by atoms with E-state index in [-0.39, 0.29) is 11.0 Å². The van der Waals surface area contributed by atoms with Crippen molar-refractivity contribution >= 4 is 34.8 Å². The Balaban J connectivity index is 1.64. The summed E-state index contributed by atoms with van der Waals surface area (Å²) in [6.07, 6.45) is 4.13. The second-order valence-corrected chi connectivity index (χ2v) is 6.25. The molecule has 1 saturated heterocycles. The van der Waals surface area contributed by atoms with E-state index in [1.165, 1.54) is 12.3 Å². The Hall–Kier alpha value is -2.73. The smallest absolute Gasteiger partial charge is 0.290 e. The highest BCUT2D eigenvalue weighted by Crippen LogP contribution is 2.25. The van der Waals surface area contributed by atoms with Gasteiger partial charge in [0.25, 0.3) is 11.1 Å². The van der Waals surface area contributed by atoms with Crippen molar-refractivity contribution < 1.29 is 14.4 Å². The standard InChI is InChI=1S/C18H14N2O3S/c21-15(9-6-12-4-2-1-3-5-12)13-7-8-14(19-11-13)10-16-17(22)20-18(23)24-16/h1-5,7-8,10-11H,6,9H2,(H,20,22,23)/b16-10+. The molecule has 1 N–H and O–H groups in total. The van der Waals surface area contributed by atoms with E-state index >= 15 is 0 Å². The Morgan fingerprint density at radius 2 is 1.92 bits per heavy atom. The Morgan fingerprint density at radius 1 is 1.12 bits per heavy atom. The summed E-state index contributed by atoms with van der Waals surface area (Å²) in [7, 11) is 0. The summed E-state index contributed by atoms with van der Waals surface area (Å²) in [6.45, 7) is 0. The van der Waals surface area contributed by atoms with E-state index in [1.807, 2.05) is 30.3 Å². The molecule has 1 fully saturated rings. The molecule has 5 nitrogen and oxygen atoms in total. The van der Waals surface area contributed by atoms with Crippen molar-refractivity contribution in [2.75, 3.05) is 0 Å². The molecule has 0 radical (unpaired) electrons. The summed E-state index contributed by atoms with van der Waals surface area (Å²) < 4.78 is 0. The number of aromatic nitrogens is 1. The number of carbonyl (C=O) groups is 3. The molecule has 6 heteroatoms. The number of aryl methyl sites for hydroxylation is 1. The van der Waals surface area contributed by atoms with Crippen LogP contribution in [0.2, 0.25) is 0 Å². The zero-order chi connectivity index (χ0) is 16.9. The van der Waals surface area contributed by atoms with E-state index in [0.717, 1.165) is 17.3 Å². The van der Waals surface area contributed by atoms with Crippen molar-refractivity contribution in [2.45, 2.75) is 12.8 Å².